The second-order valence-corrected chi connectivity index (χ2v) is 7.39. The molecule has 6 nitrogen and oxygen atoms in total. The van der Waals surface area contributed by atoms with E-state index in [4.69, 9.17) is 14.6 Å². The largest absolute Gasteiger partial charge is 0.490 e. The Hall–Kier alpha value is -3.90. The van der Waals surface area contributed by atoms with Gasteiger partial charge in [0.15, 0.2) is 0 Å². The number of rotatable bonds is 9. The van der Waals surface area contributed by atoms with Gasteiger partial charge in [0.25, 0.3) is 0 Å². The van der Waals surface area contributed by atoms with E-state index in [-0.39, 0.29) is 12.7 Å². The summed E-state index contributed by atoms with van der Waals surface area (Å²) in [7, 11) is 1.66. The van der Waals surface area contributed by atoms with Gasteiger partial charge in [-0.05, 0) is 46.2 Å². The zero-order valence-corrected chi connectivity index (χ0v) is 17.7. The van der Waals surface area contributed by atoms with Gasteiger partial charge >= 0.3 is 5.97 Å². The maximum atomic E-state index is 11.0. The summed E-state index contributed by atoms with van der Waals surface area (Å²) in [6.45, 7) is 0.874. The molecule has 0 saturated carbocycles. The molecule has 0 radical (unpaired) electrons. The molecule has 1 N–H and O–H groups in total. The standard InChI is InChI=1S/C26H24N2O4/c1-31-25(23-10-9-20-5-2-3-6-22(20)16-23)18-32-24-15-19(17-28-14-4-13-27-28)7-8-21(24)11-12-26(29)30/h2-16,25H,17-18H2,1H3,(H,29,30)/b12-11+. The number of hydrogen-bond donors (Lipinski definition) is 1. The second kappa shape index (κ2) is 9.94. The van der Waals surface area contributed by atoms with Crippen LogP contribution in [-0.2, 0) is 16.1 Å². The summed E-state index contributed by atoms with van der Waals surface area (Å²) in [6.07, 6.45) is 5.98. The molecule has 0 fully saturated rings. The van der Waals surface area contributed by atoms with E-state index in [0.717, 1.165) is 22.6 Å². The highest BCUT2D eigenvalue weighted by Crippen LogP contribution is 2.27. The lowest BCUT2D eigenvalue weighted by Gasteiger charge is -2.19. The fourth-order valence-electron chi connectivity index (χ4n) is 3.56. The van der Waals surface area contributed by atoms with Crippen LogP contribution < -0.4 is 4.74 Å². The van der Waals surface area contributed by atoms with Crippen molar-refractivity contribution in [1.29, 1.82) is 0 Å². The Bertz CT molecular complexity index is 1230. The first-order valence-corrected chi connectivity index (χ1v) is 10.3. The number of carbonyl (C=O) groups is 1. The molecule has 1 aromatic heterocycles. The topological polar surface area (TPSA) is 73.6 Å². The number of fused-ring (bicyclic) bond motifs is 1. The molecule has 6 heteroatoms. The average molecular weight is 428 g/mol. The first-order valence-electron chi connectivity index (χ1n) is 10.3. The molecule has 0 aliphatic heterocycles. The third kappa shape index (κ3) is 5.22. The lowest BCUT2D eigenvalue weighted by Crippen LogP contribution is -2.13. The van der Waals surface area contributed by atoms with Crippen molar-refractivity contribution in [2.45, 2.75) is 12.6 Å². The number of methoxy groups -OCH3 is 1. The Labute approximate surface area is 186 Å². The summed E-state index contributed by atoms with van der Waals surface area (Å²) >= 11 is 0. The third-order valence-corrected chi connectivity index (χ3v) is 5.21. The van der Waals surface area contributed by atoms with Crippen LogP contribution in [0.5, 0.6) is 5.75 Å². The third-order valence-electron chi connectivity index (χ3n) is 5.21. The molecule has 3 aromatic carbocycles. The van der Waals surface area contributed by atoms with E-state index in [0.29, 0.717) is 17.9 Å². The van der Waals surface area contributed by atoms with Gasteiger partial charge in [-0.3, -0.25) is 4.68 Å². The summed E-state index contributed by atoms with van der Waals surface area (Å²) in [6, 6.07) is 22.0. The van der Waals surface area contributed by atoms with Crippen molar-refractivity contribution in [3.8, 4) is 5.75 Å². The molecule has 1 unspecified atom stereocenters. The summed E-state index contributed by atoms with van der Waals surface area (Å²) in [5, 5.41) is 15.6. The molecule has 162 valence electrons. The van der Waals surface area contributed by atoms with Crippen molar-refractivity contribution in [1.82, 2.24) is 9.78 Å². The Morgan fingerprint density at radius 3 is 2.69 bits per heavy atom. The van der Waals surface area contributed by atoms with E-state index in [1.165, 1.54) is 11.5 Å². The monoisotopic (exact) mass is 428 g/mol. The molecule has 32 heavy (non-hydrogen) atoms. The van der Waals surface area contributed by atoms with Crippen LogP contribution in [0, 0.1) is 0 Å². The number of hydrogen-bond acceptors (Lipinski definition) is 4. The number of aromatic nitrogens is 2. The summed E-state index contributed by atoms with van der Waals surface area (Å²) in [4.78, 5) is 11.0. The van der Waals surface area contributed by atoms with Crippen LogP contribution in [0.1, 0.15) is 22.8 Å². The van der Waals surface area contributed by atoms with Gasteiger partial charge in [-0.2, -0.15) is 5.10 Å². The minimum absolute atomic E-state index is 0.273. The molecule has 0 aliphatic rings. The zero-order chi connectivity index (χ0) is 22.3. The van der Waals surface area contributed by atoms with E-state index in [9.17, 15) is 4.79 Å². The van der Waals surface area contributed by atoms with Gasteiger partial charge < -0.3 is 14.6 Å². The van der Waals surface area contributed by atoms with Crippen LogP contribution in [0.25, 0.3) is 16.8 Å². The molecule has 0 spiro atoms. The summed E-state index contributed by atoms with van der Waals surface area (Å²) in [5.74, 6) is -0.419. The highest BCUT2D eigenvalue weighted by atomic mass is 16.5. The highest BCUT2D eigenvalue weighted by Gasteiger charge is 2.14. The van der Waals surface area contributed by atoms with Crippen molar-refractivity contribution in [3.05, 3.63) is 102 Å². The molecular formula is C26H24N2O4. The van der Waals surface area contributed by atoms with Gasteiger partial charge in [0.1, 0.15) is 18.5 Å². The molecule has 0 saturated heterocycles. The van der Waals surface area contributed by atoms with Crippen molar-refractivity contribution in [2.24, 2.45) is 0 Å². The Morgan fingerprint density at radius 2 is 1.94 bits per heavy atom. The van der Waals surface area contributed by atoms with Crippen LogP contribution in [0.2, 0.25) is 0 Å². The highest BCUT2D eigenvalue weighted by molar-refractivity contribution is 5.86. The molecule has 0 aliphatic carbocycles. The number of benzene rings is 3. The first kappa shape index (κ1) is 21.3. The molecular weight excluding hydrogens is 404 g/mol. The SMILES string of the molecule is COC(COc1cc(Cn2cccn2)ccc1/C=C/C(=O)O)c1ccc2ccccc2c1. The van der Waals surface area contributed by atoms with E-state index < -0.39 is 5.97 Å². The zero-order valence-electron chi connectivity index (χ0n) is 17.7. The predicted octanol–water partition coefficient (Wildman–Crippen LogP) is 4.95. The van der Waals surface area contributed by atoms with Gasteiger partial charge in [0, 0.05) is 31.1 Å². The number of ether oxygens (including phenoxy) is 2. The molecule has 4 rings (SSSR count). The van der Waals surface area contributed by atoms with Crippen molar-refractivity contribution >= 4 is 22.8 Å². The van der Waals surface area contributed by atoms with Gasteiger partial charge in [-0.1, -0.05) is 48.5 Å². The molecule has 0 bridgehead atoms. The fourth-order valence-corrected chi connectivity index (χ4v) is 3.56. The van der Waals surface area contributed by atoms with Crippen LogP contribution in [0.15, 0.2) is 85.2 Å². The molecule has 1 heterocycles. The number of carboxylic acids is 1. The Morgan fingerprint density at radius 1 is 1.09 bits per heavy atom. The second-order valence-electron chi connectivity index (χ2n) is 7.39. The van der Waals surface area contributed by atoms with Gasteiger partial charge in [0.2, 0.25) is 0 Å². The maximum Gasteiger partial charge on any atom is 0.328 e. The number of aliphatic carboxylic acids is 1. The van der Waals surface area contributed by atoms with Crippen molar-refractivity contribution in [2.75, 3.05) is 13.7 Å². The number of carboxylic acid groups (broad SMARTS) is 1. The van der Waals surface area contributed by atoms with Crippen LogP contribution in [0.4, 0.5) is 0 Å². The van der Waals surface area contributed by atoms with Crippen molar-refractivity contribution < 1.29 is 19.4 Å². The van der Waals surface area contributed by atoms with Gasteiger partial charge in [-0.15, -0.1) is 0 Å². The minimum atomic E-state index is -1.01. The number of nitrogens with zero attached hydrogens (tertiary/aromatic N) is 2. The summed E-state index contributed by atoms with van der Waals surface area (Å²) in [5.41, 5.74) is 2.70. The van der Waals surface area contributed by atoms with Crippen LogP contribution in [-0.4, -0.2) is 34.6 Å². The first-order chi connectivity index (χ1) is 15.6. The van der Waals surface area contributed by atoms with E-state index in [2.05, 4.69) is 29.4 Å². The smallest absolute Gasteiger partial charge is 0.328 e. The van der Waals surface area contributed by atoms with E-state index in [1.807, 2.05) is 53.3 Å². The Balaban J connectivity index is 1.57. The molecule has 0 amide bonds. The van der Waals surface area contributed by atoms with Crippen LogP contribution in [0.3, 0.4) is 0 Å². The van der Waals surface area contributed by atoms with Crippen molar-refractivity contribution in [3.63, 3.8) is 0 Å². The Kier molecular flexibility index (Phi) is 6.63. The maximum absolute atomic E-state index is 11.0. The molecule has 1 atom stereocenters. The lowest BCUT2D eigenvalue weighted by molar-refractivity contribution is -0.131. The van der Waals surface area contributed by atoms with Gasteiger partial charge in [0.05, 0.1) is 6.54 Å². The minimum Gasteiger partial charge on any atom is -0.490 e. The van der Waals surface area contributed by atoms with Crippen LogP contribution >= 0.6 is 0 Å². The van der Waals surface area contributed by atoms with Gasteiger partial charge in [-0.25, -0.2) is 4.79 Å². The lowest BCUT2D eigenvalue weighted by atomic mass is 10.0. The molecule has 4 aromatic rings. The fraction of sp³-hybridized carbons (Fsp3) is 0.154. The average Bonchev–Trinajstić information content (AvgIpc) is 3.31. The summed E-state index contributed by atoms with van der Waals surface area (Å²) < 4.78 is 13.7. The predicted molar refractivity (Wildman–Crippen MR) is 124 cm³/mol. The van der Waals surface area contributed by atoms with E-state index >= 15 is 0 Å². The quantitative estimate of drug-likeness (QED) is 0.382. The normalized spacial score (nSPS) is 12.3. The van der Waals surface area contributed by atoms with E-state index in [1.54, 1.807) is 13.3 Å².